The third-order valence-electron chi connectivity index (χ3n) is 5.99. The van der Waals surface area contributed by atoms with E-state index in [0.29, 0.717) is 44.4 Å². The van der Waals surface area contributed by atoms with Crippen LogP contribution in [0.2, 0.25) is 0 Å². The van der Waals surface area contributed by atoms with Crippen LogP contribution in [0.15, 0.2) is 24.3 Å². The standard InChI is InChI=1S/C23H29F3N4O3S/c1-16(17-3-2-4-18(15-17)30-9-13-33-14-10-30)27-22(31)20-21(23(24,25)26)28-19(34-20)5-6-29-7-11-32-12-8-29/h2-4,15-16H,5-14H2,1H3,(H,27,31)/t16-/m0/s1. The lowest BCUT2D eigenvalue weighted by Crippen LogP contribution is -2.37. The van der Waals surface area contributed by atoms with E-state index < -0.39 is 23.8 Å². The number of nitrogens with zero attached hydrogens (tertiary/aromatic N) is 3. The summed E-state index contributed by atoms with van der Waals surface area (Å²) < 4.78 is 51.7. The molecule has 2 aliphatic heterocycles. The van der Waals surface area contributed by atoms with Gasteiger partial charge in [-0.15, -0.1) is 11.3 Å². The summed E-state index contributed by atoms with van der Waals surface area (Å²) >= 11 is 0.823. The van der Waals surface area contributed by atoms with Gasteiger partial charge in [-0.3, -0.25) is 9.69 Å². The first-order valence-corrected chi connectivity index (χ1v) is 12.2. The van der Waals surface area contributed by atoms with Crippen LogP contribution in [0.3, 0.4) is 0 Å². The molecule has 3 heterocycles. The molecule has 2 aliphatic rings. The summed E-state index contributed by atoms with van der Waals surface area (Å²) in [5.41, 5.74) is 0.713. The van der Waals surface area contributed by atoms with E-state index in [9.17, 15) is 18.0 Å². The summed E-state index contributed by atoms with van der Waals surface area (Å²) in [6.45, 7) is 7.90. The number of halogens is 3. The molecule has 2 saturated heterocycles. The Labute approximate surface area is 200 Å². The molecular weight excluding hydrogens is 469 g/mol. The number of nitrogens with one attached hydrogen (secondary N) is 1. The van der Waals surface area contributed by atoms with Gasteiger partial charge in [0.15, 0.2) is 5.69 Å². The van der Waals surface area contributed by atoms with Crippen molar-refractivity contribution in [3.05, 3.63) is 45.4 Å². The van der Waals surface area contributed by atoms with E-state index in [2.05, 4.69) is 20.1 Å². The highest BCUT2D eigenvalue weighted by Gasteiger charge is 2.39. The van der Waals surface area contributed by atoms with E-state index >= 15 is 0 Å². The topological polar surface area (TPSA) is 66.9 Å². The summed E-state index contributed by atoms with van der Waals surface area (Å²) in [6, 6.07) is 7.23. The number of carbonyl (C=O) groups excluding carboxylic acids is 1. The van der Waals surface area contributed by atoms with Crippen LogP contribution in [-0.2, 0) is 22.1 Å². The average molecular weight is 499 g/mol. The highest BCUT2D eigenvalue weighted by molar-refractivity contribution is 7.13. The number of rotatable bonds is 7. The smallest absolute Gasteiger partial charge is 0.379 e. The Morgan fingerprint density at radius 1 is 1.15 bits per heavy atom. The molecule has 2 fully saturated rings. The molecule has 1 aromatic heterocycles. The summed E-state index contributed by atoms with van der Waals surface area (Å²) in [4.78, 5) is 20.6. The lowest BCUT2D eigenvalue weighted by Gasteiger charge is -2.29. The number of benzene rings is 1. The molecule has 1 atom stereocenters. The van der Waals surface area contributed by atoms with Gasteiger partial charge in [-0.1, -0.05) is 12.1 Å². The van der Waals surface area contributed by atoms with Gasteiger partial charge in [-0.05, 0) is 24.6 Å². The number of anilines is 1. The van der Waals surface area contributed by atoms with Crippen LogP contribution >= 0.6 is 11.3 Å². The highest BCUT2D eigenvalue weighted by Crippen LogP contribution is 2.35. The van der Waals surface area contributed by atoms with E-state index in [-0.39, 0.29) is 4.88 Å². The molecule has 0 unspecified atom stereocenters. The Kier molecular flexibility index (Phi) is 8.07. The van der Waals surface area contributed by atoms with Crippen LogP contribution in [-0.4, -0.2) is 74.9 Å². The predicted octanol–water partition coefficient (Wildman–Crippen LogP) is 3.36. The Bertz CT molecular complexity index is 973. The van der Waals surface area contributed by atoms with Gasteiger partial charge in [0.05, 0.1) is 37.5 Å². The van der Waals surface area contributed by atoms with Gasteiger partial charge >= 0.3 is 6.18 Å². The first kappa shape index (κ1) is 24.9. The fraction of sp³-hybridized carbons (Fsp3) is 0.565. The molecule has 1 N–H and O–H groups in total. The first-order valence-electron chi connectivity index (χ1n) is 11.4. The molecule has 0 saturated carbocycles. The van der Waals surface area contributed by atoms with Crippen molar-refractivity contribution >= 4 is 22.9 Å². The van der Waals surface area contributed by atoms with Gasteiger partial charge in [0.2, 0.25) is 0 Å². The van der Waals surface area contributed by atoms with Crippen molar-refractivity contribution in [2.24, 2.45) is 0 Å². The molecule has 7 nitrogen and oxygen atoms in total. The number of thiazole rings is 1. The van der Waals surface area contributed by atoms with E-state index in [1.54, 1.807) is 6.92 Å². The van der Waals surface area contributed by atoms with Crippen molar-refractivity contribution < 1.29 is 27.4 Å². The number of carbonyl (C=O) groups is 1. The molecule has 11 heteroatoms. The highest BCUT2D eigenvalue weighted by atomic mass is 32.1. The monoisotopic (exact) mass is 498 g/mol. The van der Waals surface area contributed by atoms with Gasteiger partial charge in [0.25, 0.3) is 5.91 Å². The molecule has 34 heavy (non-hydrogen) atoms. The molecule has 1 amide bonds. The van der Waals surface area contributed by atoms with Gasteiger partial charge in [0.1, 0.15) is 4.88 Å². The molecule has 4 rings (SSSR count). The number of hydrogen-bond donors (Lipinski definition) is 1. The summed E-state index contributed by atoms with van der Waals surface area (Å²) in [5, 5.41) is 3.05. The summed E-state index contributed by atoms with van der Waals surface area (Å²) in [7, 11) is 0. The van der Waals surface area contributed by atoms with E-state index in [0.717, 1.165) is 48.8 Å². The van der Waals surface area contributed by atoms with E-state index in [4.69, 9.17) is 9.47 Å². The third-order valence-corrected chi connectivity index (χ3v) is 7.10. The van der Waals surface area contributed by atoms with E-state index in [1.165, 1.54) is 0 Å². The molecule has 0 spiro atoms. The van der Waals surface area contributed by atoms with Crippen LogP contribution in [0.1, 0.15) is 38.9 Å². The Balaban J connectivity index is 1.45. The number of amides is 1. The van der Waals surface area contributed by atoms with Crippen LogP contribution in [0.5, 0.6) is 0 Å². The van der Waals surface area contributed by atoms with Crippen molar-refractivity contribution in [3.8, 4) is 0 Å². The lowest BCUT2D eigenvalue weighted by atomic mass is 10.1. The van der Waals surface area contributed by atoms with Gasteiger partial charge in [0, 0.05) is 44.8 Å². The number of alkyl halides is 3. The Hall–Kier alpha value is -2.21. The SMILES string of the molecule is C[C@H](NC(=O)c1sc(CCN2CCOCC2)nc1C(F)(F)F)c1cccc(N2CCOCC2)c1. The van der Waals surface area contributed by atoms with Crippen LogP contribution < -0.4 is 10.2 Å². The molecule has 0 radical (unpaired) electrons. The van der Waals surface area contributed by atoms with Crippen molar-refractivity contribution in [1.29, 1.82) is 0 Å². The van der Waals surface area contributed by atoms with Crippen molar-refractivity contribution in [2.75, 3.05) is 64.1 Å². The maximum absolute atomic E-state index is 13.7. The maximum Gasteiger partial charge on any atom is 0.435 e. The number of ether oxygens (including phenoxy) is 2. The normalized spacial score (nSPS) is 18.6. The van der Waals surface area contributed by atoms with Crippen LogP contribution in [0, 0.1) is 0 Å². The predicted molar refractivity (Wildman–Crippen MR) is 123 cm³/mol. The maximum atomic E-state index is 13.7. The van der Waals surface area contributed by atoms with Crippen molar-refractivity contribution in [1.82, 2.24) is 15.2 Å². The fourth-order valence-corrected chi connectivity index (χ4v) is 5.03. The molecule has 186 valence electrons. The van der Waals surface area contributed by atoms with Gasteiger partial charge in [-0.25, -0.2) is 4.98 Å². The second-order valence-electron chi connectivity index (χ2n) is 8.38. The van der Waals surface area contributed by atoms with Crippen LogP contribution in [0.4, 0.5) is 18.9 Å². The third kappa shape index (κ3) is 6.26. The average Bonchev–Trinajstić information content (AvgIpc) is 3.29. The molecule has 1 aromatic carbocycles. The summed E-state index contributed by atoms with van der Waals surface area (Å²) in [6.07, 6.45) is -4.34. The van der Waals surface area contributed by atoms with Gasteiger partial charge < -0.3 is 19.7 Å². The molecule has 0 bridgehead atoms. The number of aromatic nitrogens is 1. The minimum atomic E-state index is -4.69. The van der Waals surface area contributed by atoms with Crippen molar-refractivity contribution in [3.63, 3.8) is 0 Å². The van der Waals surface area contributed by atoms with Gasteiger partial charge in [-0.2, -0.15) is 13.2 Å². The zero-order valence-corrected chi connectivity index (χ0v) is 19.9. The minimum Gasteiger partial charge on any atom is -0.379 e. The summed E-state index contributed by atoms with van der Waals surface area (Å²) in [5.74, 6) is -0.758. The second-order valence-corrected chi connectivity index (χ2v) is 9.46. The van der Waals surface area contributed by atoms with E-state index in [1.807, 2.05) is 24.3 Å². The minimum absolute atomic E-state index is 0.311. The first-order chi connectivity index (χ1) is 16.3. The largest absolute Gasteiger partial charge is 0.435 e. The molecule has 2 aromatic rings. The van der Waals surface area contributed by atoms with Crippen LogP contribution in [0.25, 0.3) is 0 Å². The second kappa shape index (κ2) is 11.0. The Morgan fingerprint density at radius 2 is 1.82 bits per heavy atom. The molecule has 0 aliphatic carbocycles. The molecular formula is C23H29F3N4O3S. The lowest BCUT2D eigenvalue weighted by molar-refractivity contribution is -0.141. The zero-order valence-electron chi connectivity index (χ0n) is 19.1. The quantitative estimate of drug-likeness (QED) is 0.632. The zero-order chi connectivity index (χ0) is 24.1. The fourth-order valence-electron chi connectivity index (χ4n) is 4.05. The van der Waals surface area contributed by atoms with Crippen molar-refractivity contribution in [2.45, 2.75) is 25.6 Å². The number of morpholine rings is 2. The Morgan fingerprint density at radius 3 is 2.50 bits per heavy atom. The number of hydrogen-bond acceptors (Lipinski definition) is 7.